The van der Waals surface area contributed by atoms with Crippen LogP contribution in [-0.4, -0.2) is 50.2 Å². The van der Waals surface area contributed by atoms with Crippen molar-refractivity contribution < 1.29 is 13.2 Å². The van der Waals surface area contributed by atoms with Gasteiger partial charge in [-0.2, -0.15) is 13.2 Å². The zero-order valence-corrected chi connectivity index (χ0v) is 18.3. The molecule has 0 saturated carbocycles. The monoisotopic (exact) mass is 437 g/mol. The van der Waals surface area contributed by atoms with Crippen LogP contribution in [0.2, 0.25) is 0 Å². The quantitative estimate of drug-likeness (QED) is 0.290. The summed E-state index contributed by atoms with van der Waals surface area (Å²) in [5.41, 5.74) is 8.41. The molecule has 0 aliphatic heterocycles. The Balaban J connectivity index is 1.76. The summed E-state index contributed by atoms with van der Waals surface area (Å²) in [5, 5.41) is 3.37. The van der Waals surface area contributed by atoms with E-state index >= 15 is 0 Å². The fourth-order valence-corrected chi connectivity index (χ4v) is 3.70. The Morgan fingerprint density at radius 2 is 1.84 bits per heavy atom. The summed E-state index contributed by atoms with van der Waals surface area (Å²) in [4.78, 5) is 10.8. The lowest BCUT2D eigenvalue weighted by atomic mass is 9.96. The van der Waals surface area contributed by atoms with Crippen LogP contribution in [0.4, 0.5) is 13.2 Å². The van der Waals surface area contributed by atoms with Crippen LogP contribution in [0.1, 0.15) is 50.2 Å². The number of rotatable bonds is 12. The second kappa shape index (κ2) is 12.6. The van der Waals surface area contributed by atoms with E-state index in [1.807, 2.05) is 0 Å². The van der Waals surface area contributed by atoms with Crippen molar-refractivity contribution in [2.45, 2.75) is 51.7 Å². The van der Waals surface area contributed by atoms with Gasteiger partial charge in [0.05, 0.1) is 12.1 Å². The molecule has 0 bridgehead atoms. The SMILES string of the molecule is C=NC1=C(C(N)=NCCNCCN(CCC)Cc2ccc(C(F)(F)F)cc2)CCCC1. The standard InChI is InChI=1S/C23H34F3N5/c1-3-15-31(17-18-8-10-19(11-9-18)23(24,25)26)16-14-29-12-13-30-22(27)20-6-4-5-7-21(20)28-2/h8-11,29H,2-7,12-17H2,1H3,(H2,27,30). The van der Waals surface area contributed by atoms with Gasteiger partial charge in [-0.15, -0.1) is 0 Å². The largest absolute Gasteiger partial charge is 0.416 e. The highest BCUT2D eigenvalue weighted by molar-refractivity contribution is 5.97. The summed E-state index contributed by atoms with van der Waals surface area (Å²) < 4.78 is 38.2. The highest BCUT2D eigenvalue weighted by Gasteiger charge is 2.29. The molecule has 0 unspecified atom stereocenters. The first kappa shape index (κ1) is 25.1. The second-order valence-corrected chi connectivity index (χ2v) is 7.78. The number of nitrogens with zero attached hydrogens (tertiary/aromatic N) is 3. The molecule has 1 aliphatic carbocycles. The lowest BCUT2D eigenvalue weighted by Crippen LogP contribution is -2.33. The molecule has 0 saturated heterocycles. The molecule has 8 heteroatoms. The van der Waals surface area contributed by atoms with E-state index < -0.39 is 11.7 Å². The lowest BCUT2D eigenvalue weighted by Gasteiger charge is -2.22. The van der Waals surface area contributed by atoms with Crippen molar-refractivity contribution in [2.24, 2.45) is 15.7 Å². The van der Waals surface area contributed by atoms with Gasteiger partial charge in [-0.3, -0.25) is 14.9 Å². The van der Waals surface area contributed by atoms with Gasteiger partial charge >= 0.3 is 6.18 Å². The molecule has 0 aromatic heterocycles. The molecule has 1 aromatic carbocycles. The smallest absolute Gasteiger partial charge is 0.384 e. The third-order valence-corrected chi connectivity index (χ3v) is 5.34. The molecule has 3 N–H and O–H groups in total. The Kier molecular flexibility index (Phi) is 10.2. The van der Waals surface area contributed by atoms with E-state index in [2.05, 4.69) is 33.8 Å². The Morgan fingerprint density at radius 1 is 1.13 bits per heavy atom. The van der Waals surface area contributed by atoms with E-state index in [0.717, 1.165) is 80.7 Å². The molecular formula is C23H34F3N5. The van der Waals surface area contributed by atoms with Crippen molar-refractivity contribution in [3.8, 4) is 0 Å². The minimum atomic E-state index is -4.30. The minimum Gasteiger partial charge on any atom is -0.384 e. The first-order valence-corrected chi connectivity index (χ1v) is 10.9. The fraction of sp³-hybridized carbons (Fsp3) is 0.565. The number of hydrogen-bond acceptors (Lipinski definition) is 4. The number of aliphatic imine (C=N–C) groups is 2. The Labute approximate surface area is 183 Å². The molecular weight excluding hydrogens is 403 g/mol. The Hall–Kier alpha value is -2.19. The summed E-state index contributed by atoms with van der Waals surface area (Å²) in [6.45, 7) is 10.1. The summed E-state index contributed by atoms with van der Waals surface area (Å²) in [7, 11) is 0. The van der Waals surface area contributed by atoms with Crippen LogP contribution in [-0.2, 0) is 12.7 Å². The van der Waals surface area contributed by atoms with Crippen molar-refractivity contribution >= 4 is 12.6 Å². The van der Waals surface area contributed by atoms with Crippen LogP contribution < -0.4 is 11.1 Å². The first-order valence-electron chi connectivity index (χ1n) is 10.9. The van der Waals surface area contributed by atoms with Crippen LogP contribution >= 0.6 is 0 Å². The van der Waals surface area contributed by atoms with Gasteiger partial charge in [-0.1, -0.05) is 19.1 Å². The van der Waals surface area contributed by atoms with Crippen molar-refractivity contribution in [1.82, 2.24) is 10.2 Å². The number of amidine groups is 1. The van der Waals surface area contributed by atoms with E-state index in [0.29, 0.717) is 25.5 Å². The molecule has 0 spiro atoms. The summed E-state index contributed by atoms with van der Waals surface area (Å²) in [6.07, 6.45) is 0.736. The molecule has 172 valence electrons. The highest BCUT2D eigenvalue weighted by atomic mass is 19.4. The third-order valence-electron chi connectivity index (χ3n) is 5.34. The minimum absolute atomic E-state index is 0.568. The fourth-order valence-electron chi connectivity index (χ4n) is 3.70. The molecule has 1 aliphatic rings. The average Bonchev–Trinajstić information content (AvgIpc) is 2.75. The van der Waals surface area contributed by atoms with Crippen LogP contribution in [0.3, 0.4) is 0 Å². The summed E-state index contributed by atoms with van der Waals surface area (Å²) >= 11 is 0. The van der Waals surface area contributed by atoms with Crippen LogP contribution in [0.5, 0.6) is 0 Å². The number of halogens is 3. The molecule has 2 rings (SSSR count). The maximum absolute atomic E-state index is 12.7. The van der Waals surface area contributed by atoms with E-state index in [4.69, 9.17) is 5.73 Å². The number of hydrogen-bond donors (Lipinski definition) is 2. The van der Waals surface area contributed by atoms with E-state index in [1.165, 1.54) is 0 Å². The Bertz CT molecular complexity index is 753. The maximum atomic E-state index is 12.7. The number of nitrogens with two attached hydrogens (primary N) is 1. The maximum Gasteiger partial charge on any atom is 0.416 e. The lowest BCUT2D eigenvalue weighted by molar-refractivity contribution is -0.137. The topological polar surface area (TPSA) is 66.0 Å². The number of alkyl halides is 3. The van der Waals surface area contributed by atoms with Gasteiger partial charge in [-0.25, -0.2) is 0 Å². The average molecular weight is 438 g/mol. The van der Waals surface area contributed by atoms with Crippen LogP contribution in [0.15, 0.2) is 45.5 Å². The number of benzene rings is 1. The second-order valence-electron chi connectivity index (χ2n) is 7.78. The number of nitrogens with one attached hydrogen (secondary N) is 1. The molecule has 0 amide bonds. The summed E-state index contributed by atoms with van der Waals surface area (Å²) in [6, 6.07) is 5.41. The molecule has 0 atom stereocenters. The van der Waals surface area contributed by atoms with Crippen LogP contribution in [0.25, 0.3) is 0 Å². The van der Waals surface area contributed by atoms with Gasteiger partial charge < -0.3 is 11.1 Å². The van der Waals surface area contributed by atoms with Gasteiger partial charge in [-0.05, 0) is 63.1 Å². The predicted octanol–water partition coefficient (Wildman–Crippen LogP) is 4.39. The van der Waals surface area contributed by atoms with Gasteiger partial charge in [0.2, 0.25) is 0 Å². The summed E-state index contributed by atoms with van der Waals surface area (Å²) in [5.74, 6) is 0.568. The Morgan fingerprint density at radius 3 is 2.48 bits per heavy atom. The predicted molar refractivity (Wildman–Crippen MR) is 121 cm³/mol. The third kappa shape index (κ3) is 8.45. The van der Waals surface area contributed by atoms with Gasteiger partial charge in [0.25, 0.3) is 0 Å². The van der Waals surface area contributed by atoms with Crippen LogP contribution in [0, 0.1) is 0 Å². The van der Waals surface area contributed by atoms with E-state index in [9.17, 15) is 13.2 Å². The van der Waals surface area contributed by atoms with Crippen molar-refractivity contribution in [2.75, 3.05) is 32.7 Å². The van der Waals surface area contributed by atoms with Gasteiger partial charge in [0, 0.05) is 37.4 Å². The highest BCUT2D eigenvalue weighted by Crippen LogP contribution is 2.29. The zero-order chi connectivity index (χ0) is 22.7. The zero-order valence-electron chi connectivity index (χ0n) is 18.3. The van der Waals surface area contributed by atoms with E-state index in [1.54, 1.807) is 12.1 Å². The molecule has 0 fully saturated rings. The van der Waals surface area contributed by atoms with Crippen molar-refractivity contribution in [1.29, 1.82) is 0 Å². The molecule has 31 heavy (non-hydrogen) atoms. The van der Waals surface area contributed by atoms with Gasteiger partial charge in [0.15, 0.2) is 0 Å². The molecule has 5 nitrogen and oxygen atoms in total. The first-order chi connectivity index (χ1) is 14.8. The van der Waals surface area contributed by atoms with Crippen molar-refractivity contribution in [3.63, 3.8) is 0 Å². The molecule has 0 radical (unpaired) electrons. The van der Waals surface area contributed by atoms with Crippen molar-refractivity contribution in [3.05, 3.63) is 46.7 Å². The van der Waals surface area contributed by atoms with E-state index in [-0.39, 0.29) is 0 Å². The molecule has 1 aromatic rings. The molecule has 0 heterocycles. The number of allylic oxidation sites excluding steroid dienone is 1. The van der Waals surface area contributed by atoms with Gasteiger partial charge in [0.1, 0.15) is 5.84 Å². The normalized spacial score (nSPS) is 15.6.